The van der Waals surface area contributed by atoms with Crippen molar-refractivity contribution in [3.8, 4) is 0 Å². The number of anilines is 1. The zero-order valence-corrected chi connectivity index (χ0v) is 10.8. The van der Waals surface area contributed by atoms with Gasteiger partial charge in [0.1, 0.15) is 12.0 Å². The highest BCUT2D eigenvalue weighted by Crippen LogP contribution is 2.19. The molecular weight excluding hydrogens is 242 g/mol. The van der Waals surface area contributed by atoms with Crippen LogP contribution in [0.3, 0.4) is 0 Å². The van der Waals surface area contributed by atoms with E-state index in [-0.39, 0.29) is 11.8 Å². The van der Waals surface area contributed by atoms with E-state index in [1.165, 1.54) is 6.26 Å². The van der Waals surface area contributed by atoms with E-state index in [9.17, 15) is 4.79 Å². The second-order valence-electron chi connectivity index (χ2n) is 4.54. The molecule has 0 saturated heterocycles. The van der Waals surface area contributed by atoms with E-state index >= 15 is 0 Å². The number of carbonyl (C=O) groups is 1. The lowest BCUT2D eigenvalue weighted by atomic mass is 9.97. The highest BCUT2D eigenvalue weighted by atomic mass is 16.5. The largest absolute Gasteiger partial charge is 0.399 e. The van der Waals surface area contributed by atoms with Crippen LogP contribution in [0.5, 0.6) is 0 Å². The van der Waals surface area contributed by atoms with Gasteiger partial charge >= 0.3 is 0 Å². The number of benzene rings is 1. The lowest BCUT2D eigenvalue weighted by Crippen LogP contribution is -2.24. The third-order valence-electron chi connectivity index (χ3n) is 2.96. The van der Waals surface area contributed by atoms with Crippen LogP contribution in [0.15, 0.2) is 41.1 Å². The maximum Gasteiger partial charge on any atom is 0.220 e. The summed E-state index contributed by atoms with van der Waals surface area (Å²) in [4.78, 5) is 11.8. The Morgan fingerprint density at radius 1 is 1.37 bits per heavy atom. The Balaban J connectivity index is 1.83. The van der Waals surface area contributed by atoms with Crippen LogP contribution in [-0.2, 0) is 11.3 Å². The summed E-state index contributed by atoms with van der Waals surface area (Å²) in [5.41, 5.74) is 8.18. The van der Waals surface area contributed by atoms with Gasteiger partial charge in [0, 0.05) is 18.2 Å². The van der Waals surface area contributed by atoms with Crippen molar-refractivity contribution in [2.24, 2.45) is 0 Å². The molecule has 1 heterocycles. The molecule has 5 heteroatoms. The van der Waals surface area contributed by atoms with Crippen molar-refractivity contribution >= 4 is 11.6 Å². The predicted octanol–water partition coefficient (Wildman–Crippen LogP) is 2.07. The van der Waals surface area contributed by atoms with Crippen molar-refractivity contribution in [2.75, 3.05) is 5.73 Å². The van der Waals surface area contributed by atoms with Gasteiger partial charge in [-0.2, -0.15) is 0 Å². The summed E-state index contributed by atoms with van der Waals surface area (Å²) in [6.45, 7) is 2.41. The Morgan fingerprint density at radius 3 is 2.74 bits per heavy atom. The monoisotopic (exact) mass is 259 g/mol. The van der Waals surface area contributed by atoms with E-state index in [1.807, 2.05) is 31.2 Å². The molecule has 0 saturated carbocycles. The van der Waals surface area contributed by atoms with Crippen LogP contribution in [0.4, 0.5) is 5.69 Å². The summed E-state index contributed by atoms with van der Waals surface area (Å²) in [5, 5.41) is 6.54. The first-order valence-corrected chi connectivity index (χ1v) is 6.16. The zero-order valence-electron chi connectivity index (χ0n) is 10.8. The number of amides is 1. The molecule has 2 rings (SSSR count). The van der Waals surface area contributed by atoms with Gasteiger partial charge in [-0.15, -0.1) is 0 Å². The van der Waals surface area contributed by atoms with Crippen LogP contribution in [0.25, 0.3) is 0 Å². The quantitative estimate of drug-likeness (QED) is 0.805. The summed E-state index contributed by atoms with van der Waals surface area (Å²) >= 11 is 0. The maximum absolute atomic E-state index is 11.8. The topological polar surface area (TPSA) is 81.2 Å². The fraction of sp³-hybridized carbons (Fsp3) is 0.286. The third kappa shape index (κ3) is 3.84. The number of nitrogens with zero attached hydrogens (tertiary/aromatic N) is 1. The summed E-state index contributed by atoms with van der Waals surface area (Å²) in [6.07, 6.45) is 1.92. The molecule has 0 radical (unpaired) electrons. The predicted molar refractivity (Wildman–Crippen MR) is 72.2 cm³/mol. The minimum absolute atomic E-state index is 0.00711. The van der Waals surface area contributed by atoms with Crippen molar-refractivity contribution in [1.82, 2.24) is 10.5 Å². The van der Waals surface area contributed by atoms with Crippen molar-refractivity contribution in [3.63, 3.8) is 0 Å². The second-order valence-corrected chi connectivity index (χ2v) is 4.54. The maximum atomic E-state index is 11.8. The molecule has 1 atom stereocenters. The van der Waals surface area contributed by atoms with E-state index in [4.69, 9.17) is 10.3 Å². The summed E-state index contributed by atoms with van der Waals surface area (Å²) < 4.78 is 4.70. The number of hydrogen-bond donors (Lipinski definition) is 2. The molecule has 0 aliphatic heterocycles. The van der Waals surface area contributed by atoms with Crippen LogP contribution >= 0.6 is 0 Å². The molecule has 19 heavy (non-hydrogen) atoms. The Bertz CT molecular complexity index is 520. The molecule has 1 amide bonds. The van der Waals surface area contributed by atoms with Crippen LogP contribution < -0.4 is 11.1 Å². The van der Waals surface area contributed by atoms with Gasteiger partial charge in [0.2, 0.25) is 5.91 Å². The van der Waals surface area contributed by atoms with Crippen LogP contribution in [-0.4, -0.2) is 11.1 Å². The normalized spacial score (nSPS) is 12.1. The first-order chi connectivity index (χ1) is 9.15. The fourth-order valence-corrected chi connectivity index (χ4v) is 1.81. The van der Waals surface area contributed by atoms with Gasteiger partial charge in [-0.1, -0.05) is 24.2 Å². The molecule has 100 valence electrons. The average molecular weight is 259 g/mol. The van der Waals surface area contributed by atoms with Gasteiger partial charge < -0.3 is 15.6 Å². The Hall–Kier alpha value is -2.30. The van der Waals surface area contributed by atoms with Gasteiger partial charge in [0.05, 0.1) is 6.54 Å². The summed E-state index contributed by atoms with van der Waals surface area (Å²) in [5.74, 6) is 0.144. The molecule has 0 bridgehead atoms. The number of carbonyl (C=O) groups excluding carboxylic acids is 1. The molecule has 2 aromatic rings. The highest BCUT2D eigenvalue weighted by molar-refractivity contribution is 5.76. The SMILES string of the molecule is CC(CC(=O)NCc1ccon1)c1ccc(N)cc1. The zero-order chi connectivity index (χ0) is 13.7. The molecule has 1 aromatic heterocycles. The number of rotatable bonds is 5. The molecule has 0 fully saturated rings. The number of nitrogens with two attached hydrogens (primary N) is 1. The van der Waals surface area contributed by atoms with Crippen molar-refractivity contribution in [3.05, 3.63) is 47.9 Å². The molecule has 1 aromatic carbocycles. The van der Waals surface area contributed by atoms with E-state index in [1.54, 1.807) is 6.07 Å². The van der Waals surface area contributed by atoms with E-state index in [0.717, 1.165) is 11.3 Å². The molecule has 0 aliphatic carbocycles. The summed E-state index contributed by atoms with van der Waals surface area (Å²) in [6, 6.07) is 9.32. The molecule has 0 aliphatic rings. The van der Waals surface area contributed by atoms with Gasteiger partial charge in [0.15, 0.2) is 0 Å². The van der Waals surface area contributed by atoms with Crippen molar-refractivity contribution in [2.45, 2.75) is 25.8 Å². The Morgan fingerprint density at radius 2 is 2.11 bits per heavy atom. The number of aromatic nitrogens is 1. The van der Waals surface area contributed by atoms with Gasteiger partial charge in [-0.25, -0.2) is 0 Å². The first kappa shape index (κ1) is 13.1. The smallest absolute Gasteiger partial charge is 0.220 e. The standard InChI is InChI=1S/C14H17N3O2/c1-10(11-2-4-12(15)5-3-11)8-14(18)16-9-13-6-7-19-17-13/h2-7,10H,8-9,15H2,1H3,(H,16,18). The Labute approximate surface area is 111 Å². The van der Waals surface area contributed by atoms with E-state index < -0.39 is 0 Å². The van der Waals surface area contributed by atoms with Crippen molar-refractivity contribution < 1.29 is 9.32 Å². The summed E-state index contributed by atoms with van der Waals surface area (Å²) in [7, 11) is 0. The van der Waals surface area contributed by atoms with Gasteiger partial charge in [0.25, 0.3) is 0 Å². The van der Waals surface area contributed by atoms with Gasteiger partial charge in [-0.05, 0) is 23.6 Å². The molecule has 5 nitrogen and oxygen atoms in total. The fourth-order valence-electron chi connectivity index (χ4n) is 1.81. The van der Waals surface area contributed by atoms with Gasteiger partial charge in [-0.3, -0.25) is 4.79 Å². The Kier molecular flexibility index (Phi) is 4.18. The van der Waals surface area contributed by atoms with Crippen LogP contribution in [0.1, 0.15) is 30.5 Å². The lowest BCUT2D eigenvalue weighted by molar-refractivity contribution is -0.121. The minimum atomic E-state index is -0.00711. The molecule has 0 spiro atoms. The third-order valence-corrected chi connectivity index (χ3v) is 2.96. The molecule has 1 unspecified atom stereocenters. The number of nitrogens with one attached hydrogen (secondary N) is 1. The van der Waals surface area contributed by atoms with Crippen molar-refractivity contribution in [1.29, 1.82) is 0 Å². The highest BCUT2D eigenvalue weighted by Gasteiger charge is 2.11. The lowest BCUT2D eigenvalue weighted by Gasteiger charge is -2.11. The number of nitrogen functional groups attached to an aromatic ring is 1. The van der Waals surface area contributed by atoms with E-state index in [2.05, 4.69) is 10.5 Å². The minimum Gasteiger partial charge on any atom is -0.399 e. The van der Waals surface area contributed by atoms with Crippen LogP contribution in [0.2, 0.25) is 0 Å². The molecular formula is C14H17N3O2. The first-order valence-electron chi connectivity index (χ1n) is 6.16. The van der Waals surface area contributed by atoms with Crippen LogP contribution in [0, 0.1) is 0 Å². The molecule has 3 N–H and O–H groups in total. The average Bonchev–Trinajstić information content (AvgIpc) is 2.90. The second kappa shape index (κ2) is 6.04. The van der Waals surface area contributed by atoms with E-state index in [0.29, 0.717) is 18.7 Å². The number of hydrogen-bond acceptors (Lipinski definition) is 4.